The molecule has 0 aliphatic carbocycles. The van der Waals surface area contributed by atoms with Crippen molar-refractivity contribution < 1.29 is 19.5 Å². The van der Waals surface area contributed by atoms with Gasteiger partial charge in [-0.2, -0.15) is 0 Å². The van der Waals surface area contributed by atoms with Crippen LogP contribution in [0.2, 0.25) is 0 Å². The third-order valence-corrected chi connectivity index (χ3v) is 4.28. The van der Waals surface area contributed by atoms with Gasteiger partial charge in [0.15, 0.2) is 6.04 Å². The number of amides is 2. The summed E-state index contributed by atoms with van der Waals surface area (Å²) in [6.07, 6.45) is 2.69. The number of hydrogen-bond acceptors (Lipinski definition) is 3. The lowest BCUT2D eigenvalue weighted by molar-refractivity contribution is -0.144. The number of aliphatic carboxylic acids is 1. The zero-order chi connectivity index (χ0) is 17.5. The number of rotatable bonds is 6. The molecule has 0 bridgehead atoms. The van der Waals surface area contributed by atoms with Crippen molar-refractivity contribution in [2.24, 2.45) is 5.92 Å². The number of carbonyl (C=O) groups excluding carboxylic acids is 2. The van der Waals surface area contributed by atoms with Crippen LogP contribution in [0.15, 0.2) is 30.3 Å². The number of benzene rings is 1. The van der Waals surface area contributed by atoms with E-state index in [-0.39, 0.29) is 17.7 Å². The summed E-state index contributed by atoms with van der Waals surface area (Å²) in [7, 11) is 0. The Kier molecular flexibility index (Phi) is 6.35. The minimum absolute atomic E-state index is 0.0628. The molecule has 1 fully saturated rings. The smallest absolute Gasteiger partial charge is 0.330 e. The second-order valence-corrected chi connectivity index (χ2v) is 6.12. The Morgan fingerprint density at radius 1 is 1.29 bits per heavy atom. The molecule has 2 atom stereocenters. The molecular formula is C18H24N2O4. The molecule has 130 valence electrons. The van der Waals surface area contributed by atoms with Crippen LogP contribution in [-0.4, -0.2) is 40.9 Å². The standard InChI is InChI=1S/C18H24N2O4/c1-2-7-15(21)20-11-6-10-14(12-20)17(22)19-16(18(23)24)13-8-4-3-5-9-13/h3-5,8-9,14,16H,2,6-7,10-12H2,1H3,(H,19,22)(H,23,24). The molecule has 6 nitrogen and oxygen atoms in total. The van der Waals surface area contributed by atoms with Gasteiger partial charge in [-0.15, -0.1) is 0 Å². The van der Waals surface area contributed by atoms with E-state index in [1.54, 1.807) is 35.2 Å². The highest BCUT2D eigenvalue weighted by atomic mass is 16.4. The van der Waals surface area contributed by atoms with Crippen LogP contribution in [-0.2, 0) is 14.4 Å². The van der Waals surface area contributed by atoms with E-state index < -0.39 is 12.0 Å². The third-order valence-electron chi connectivity index (χ3n) is 4.28. The molecule has 1 aliphatic heterocycles. The second-order valence-electron chi connectivity index (χ2n) is 6.12. The number of piperidine rings is 1. The quantitative estimate of drug-likeness (QED) is 0.834. The Morgan fingerprint density at radius 2 is 2.00 bits per heavy atom. The Bertz CT molecular complexity index is 588. The third kappa shape index (κ3) is 4.57. The molecule has 1 aliphatic rings. The molecule has 1 aromatic carbocycles. The summed E-state index contributed by atoms with van der Waals surface area (Å²) in [5.41, 5.74) is 0.535. The van der Waals surface area contributed by atoms with Gasteiger partial charge in [-0.3, -0.25) is 9.59 Å². The van der Waals surface area contributed by atoms with Crippen molar-refractivity contribution in [3.05, 3.63) is 35.9 Å². The van der Waals surface area contributed by atoms with Gasteiger partial charge in [0, 0.05) is 19.5 Å². The lowest BCUT2D eigenvalue weighted by atomic mass is 9.95. The first-order valence-electron chi connectivity index (χ1n) is 8.38. The number of carboxylic acids is 1. The van der Waals surface area contributed by atoms with Crippen LogP contribution < -0.4 is 5.32 Å². The van der Waals surface area contributed by atoms with Crippen LogP contribution >= 0.6 is 0 Å². The van der Waals surface area contributed by atoms with Crippen LogP contribution in [0.3, 0.4) is 0 Å². The first-order chi connectivity index (χ1) is 11.5. The Labute approximate surface area is 141 Å². The number of hydrogen-bond donors (Lipinski definition) is 2. The SMILES string of the molecule is CCCC(=O)N1CCCC(C(=O)NC(C(=O)O)c2ccccc2)C1. The highest BCUT2D eigenvalue weighted by Crippen LogP contribution is 2.20. The lowest BCUT2D eigenvalue weighted by Gasteiger charge is -2.32. The van der Waals surface area contributed by atoms with Gasteiger partial charge in [-0.1, -0.05) is 37.3 Å². The van der Waals surface area contributed by atoms with E-state index in [0.717, 1.165) is 12.8 Å². The molecular weight excluding hydrogens is 308 g/mol. The largest absolute Gasteiger partial charge is 0.479 e. The van der Waals surface area contributed by atoms with Crippen molar-refractivity contribution in [2.75, 3.05) is 13.1 Å². The van der Waals surface area contributed by atoms with Crippen LogP contribution in [0.4, 0.5) is 0 Å². The summed E-state index contributed by atoms with van der Waals surface area (Å²) in [5, 5.41) is 12.0. The van der Waals surface area contributed by atoms with Crippen molar-refractivity contribution in [2.45, 2.75) is 38.6 Å². The van der Waals surface area contributed by atoms with Crippen LogP contribution in [0.25, 0.3) is 0 Å². The molecule has 0 saturated carbocycles. The minimum atomic E-state index is -1.09. The van der Waals surface area contributed by atoms with Gasteiger partial charge in [0.2, 0.25) is 11.8 Å². The van der Waals surface area contributed by atoms with Crippen molar-refractivity contribution >= 4 is 17.8 Å². The predicted molar refractivity (Wildman–Crippen MR) is 89.2 cm³/mol. The van der Waals surface area contributed by atoms with Gasteiger partial charge < -0.3 is 15.3 Å². The van der Waals surface area contributed by atoms with E-state index in [1.807, 2.05) is 6.92 Å². The summed E-state index contributed by atoms with van der Waals surface area (Å²) in [6, 6.07) is 7.56. The fraction of sp³-hybridized carbons (Fsp3) is 0.500. The number of carbonyl (C=O) groups is 3. The number of carboxylic acid groups (broad SMARTS) is 1. The van der Waals surface area contributed by atoms with E-state index in [9.17, 15) is 19.5 Å². The maximum Gasteiger partial charge on any atom is 0.330 e. The summed E-state index contributed by atoms with van der Waals surface area (Å²) in [4.78, 5) is 37.7. The van der Waals surface area contributed by atoms with Crippen LogP contribution in [0.1, 0.15) is 44.2 Å². The molecule has 0 spiro atoms. The second kappa shape index (κ2) is 8.47. The summed E-state index contributed by atoms with van der Waals surface area (Å²) in [6.45, 7) is 2.98. The van der Waals surface area contributed by atoms with Gasteiger partial charge >= 0.3 is 5.97 Å². The highest BCUT2D eigenvalue weighted by molar-refractivity contribution is 5.86. The lowest BCUT2D eigenvalue weighted by Crippen LogP contribution is -2.47. The molecule has 2 rings (SSSR count). The average Bonchev–Trinajstić information content (AvgIpc) is 2.60. The van der Waals surface area contributed by atoms with Gasteiger partial charge in [-0.05, 0) is 24.8 Å². The molecule has 2 amide bonds. The average molecular weight is 332 g/mol. The molecule has 0 radical (unpaired) electrons. The number of nitrogens with zero attached hydrogens (tertiary/aromatic N) is 1. The Morgan fingerprint density at radius 3 is 2.62 bits per heavy atom. The topological polar surface area (TPSA) is 86.7 Å². The molecule has 1 aromatic rings. The molecule has 1 heterocycles. The van der Waals surface area contributed by atoms with E-state index in [1.165, 1.54) is 0 Å². The first-order valence-corrected chi connectivity index (χ1v) is 8.38. The molecule has 2 unspecified atom stereocenters. The fourth-order valence-corrected chi connectivity index (χ4v) is 2.98. The van der Waals surface area contributed by atoms with Gasteiger partial charge in [0.25, 0.3) is 0 Å². The Balaban J connectivity index is 2.02. The van der Waals surface area contributed by atoms with E-state index in [2.05, 4.69) is 5.32 Å². The molecule has 2 N–H and O–H groups in total. The highest BCUT2D eigenvalue weighted by Gasteiger charge is 2.31. The molecule has 0 aromatic heterocycles. The Hall–Kier alpha value is -2.37. The van der Waals surface area contributed by atoms with Gasteiger partial charge in [0.05, 0.1) is 5.92 Å². The van der Waals surface area contributed by atoms with Crippen molar-refractivity contribution in [1.82, 2.24) is 10.2 Å². The minimum Gasteiger partial charge on any atom is -0.479 e. The van der Waals surface area contributed by atoms with Crippen molar-refractivity contribution in [3.8, 4) is 0 Å². The molecule has 24 heavy (non-hydrogen) atoms. The summed E-state index contributed by atoms with van der Waals surface area (Å²) >= 11 is 0. The van der Waals surface area contributed by atoms with E-state index in [4.69, 9.17) is 0 Å². The maximum absolute atomic E-state index is 12.5. The van der Waals surface area contributed by atoms with Crippen LogP contribution in [0, 0.1) is 5.92 Å². The van der Waals surface area contributed by atoms with Gasteiger partial charge in [-0.25, -0.2) is 4.79 Å². The summed E-state index contributed by atoms with van der Waals surface area (Å²) in [5.74, 6) is -1.69. The molecule has 1 saturated heterocycles. The van der Waals surface area contributed by atoms with Crippen molar-refractivity contribution in [3.63, 3.8) is 0 Å². The first kappa shape index (κ1) is 18.0. The summed E-state index contributed by atoms with van der Waals surface area (Å²) < 4.78 is 0. The van der Waals surface area contributed by atoms with Crippen LogP contribution in [0.5, 0.6) is 0 Å². The number of likely N-dealkylation sites (tertiary alicyclic amines) is 1. The predicted octanol–water partition coefficient (Wildman–Crippen LogP) is 1.97. The zero-order valence-corrected chi connectivity index (χ0v) is 13.9. The van der Waals surface area contributed by atoms with E-state index in [0.29, 0.717) is 31.5 Å². The monoisotopic (exact) mass is 332 g/mol. The van der Waals surface area contributed by atoms with Crippen molar-refractivity contribution in [1.29, 1.82) is 0 Å². The normalized spacial score (nSPS) is 18.7. The fourth-order valence-electron chi connectivity index (χ4n) is 2.98. The molecule has 6 heteroatoms. The number of nitrogens with one attached hydrogen (secondary N) is 1. The van der Waals surface area contributed by atoms with E-state index >= 15 is 0 Å². The maximum atomic E-state index is 12.5. The zero-order valence-electron chi connectivity index (χ0n) is 13.9. The van der Waals surface area contributed by atoms with Gasteiger partial charge in [0.1, 0.15) is 0 Å².